The van der Waals surface area contributed by atoms with Crippen molar-refractivity contribution in [2.24, 2.45) is 5.92 Å². The molecule has 31 heavy (non-hydrogen) atoms. The minimum absolute atomic E-state index is 0.110. The van der Waals surface area contributed by atoms with Crippen LogP contribution in [0.4, 0.5) is 0 Å². The lowest BCUT2D eigenvalue weighted by atomic mass is 9.90. The molecule has 2 aromatic carbocycles. The van der Waals surface area contributed by atoms with Crippen LogP contribution in [0.15, 0.2) is 65.6 Å². The minimum Gasteiger partial charge on any atom is -0.339 e. The molecule has 1 amide bonds. The highest BCUT2D eigenvalue weighted by Gasteiger charge is 2.31. The molecule has 166 valence electrons. The SMILES string of the molecule is O=C(CN1CCC(Cc2ccccc2)CC1)N1CCN(S(=O)(=O)c2ccccc2)CC1. The number of amides is 1. The van der Waals surface area contributed by atoms with Crippen molar-refractivity contribution in [2.75, 3.05) is 45.8 Å². The molecule has 0 aromatic heterocycles. The zero-order valence-corrected chi connectivity index (χ0v) is 18.7. The maximum atomic E-state index is 12.8. The van der Waals surface area contributed by atoms with Gasteiger partial charge in [-0.05, 0) is 56.0 Å². The molecule has 0 N–H and O–H groups in total. The van der Waals surface area contributed by atoms with Gasteiger partial charge in [-0.25, -0.2) is 8.42 Å². The molecule has 2 heterocycles. The summed E-state index contributed by atoms with van der Waals surface area (Å²) in [4.78, 5) is 17.2. The Hall–Kier alpha value is -2.22. The van der Waals surface area contributed by atoms with E-state index >= 15 is 0 Å². The third kappa shape index (κ3) is 5.53. The molecule has 6 nitrogen and oxygen atoms in total. The number of carbonyl (C=O) groups is 1. The van der Waals surface area contributed by atoms with E-state index in [1.54, 1.807) is 30.3 Å². The van der Waals surface area contributed by atoms with Gasteiger partial charge >= 0.3 is 0 Å². The van der Waals surface area contributed by atoms with Crippen LogP contribution in [-0.4, -0.2) is 74.2 Å². The van der Waals surface area contributed by atoms with Crippen molar-refractivity contribution >= 4 is 15.9 Å². The minimum atomic E-state index is -3.49. The van der Waals surface area contributed by atoms with Gasteiger partial charge in [0.2, 0.25) is 15.9 Å². The fraction of sp³-hybridized carbons (Fsp3) is 0.458. The smallest absolute Gasteiger partial charge is 0.243 e. The Morgan fingerprint density at radius 1 is 0.806 bits per heavy atom. The third-order valence-electron chi connectivity index (χ3n) is 6.41. The predicted octanol–water partition coefficient (Wildman–Crippen LogP) is 2.47. The summed E-state index contributed by atoms with van der Waals surface area (Å²) in [6.45, 7) is 3.94. The Kier molecular flexibility index (Phi) is 7.05. The highest BCUT2D eigenvalue weighted by atomic mass is 32.2. The number of likely N-dealkylation sites (tertiary alicyclic amines) is 1. The van der Waals surface area contributed by atoms with Crippen molar-refractivity contribution in [1.29, 1.82) is 0 Å². The summed E-state index contributed by atoms with van der Waals surface area (Å²) in [7, 11) is -3.49. The lowest BCUT2D eigenvalue weighted by Gasteiger charge is -2.36. The molecule has 2 aliphatic heterocycles. The molecule has 0 aliphatic carbocycles. The van der Waals surface area contributed by atoms with Gasteiger partial charge < -0.3 is 4.90 Å². The molecule has 0 saturated carbocycles. The van der Waals surface area contributed by atoms with Crippen LogP contribution < -0.4 is 0 Å². The van der Waals surface area contributed by atoms with Crippen LogP contribution in [0.1, 0.15) is 18.4 Å². The van der Waals surface area contributed by atoms with Crippen LogP contribution in [0.2, 0.25) is 0 Å². The van der Waals surface area contributed by atoms with Gasteiger partial charge in [-0.3, -0.25) is 9.69 Å². The van der Waals surface area contributed by atoms with Gasteiger partial charge in [0.05, 0.1) is 11.4 Å². The average Bonchev–Trinajstić information content (AvgIpc) is 2.82. The lowest BCUT2D eigenvalue weighted by Crippen LogP contribution is -2.53. The number of hydrogen-bond acceptors (Lipinski definition) is 4. The highest BCUT2D eigenvalue weighted by Crippen LogP contribution is 2.22. The largest absolute Gasteiger partial charge is 0.339 e. The van der Waals surface area contributed by atoms with Crippen LogP contribution in [-0.2, 0) is 21.2 Å². The van der Waals surface area contributed by atoms with E-state index in [0.717, 1.165) is 32.4 Å². The van der Waals surface area contributed by atoms with Crippen molar-refractivity contribution in [3.05, 3.63) is 66.2 Å². The molecule has 0 atom stereocenters. The van der Waals surface area contributed by atoms with Crippen LogP contribution in [0.25, 0.3) is 0 Å². The van der Waals surface area contributed by atoms with Crippen LogP contribution >= 0.6 is 0 Å². The Morgan fingerprint density at radius 2 is 1.39 bits per heavy atom. The number of piperazine rings is 1. The van der Waals surface area contributed by atoms with E-state index in [-0.39, 0.29) is 5.91 Å². The van der Waals surface area contributed by atoms with Crippen molar-refractivity contribution in [3.63, 3.8) is 0 Å². The van der Waals surface area contributed by atoms with Gasteiger partial charge in [-0.1, -0.05) is 48.5 Å². The second kappa shape index (κ2) is 9.94. The molecule has 2 aliphatic rings. The number of rotatable bonds is 6. The standard InChI is InChI=1S/C24H31N3O3S/c28-24(20-25-13-11-22(12-14-25)19-21-7-3-1-4-8-21)26-15-17-27(18-16-26)31(29,30)23-9-5-2-6-10-23/h1-10,22H,11-20H2. The molecule has 4 rings (SSSR count). The fourth-order valence-electron chi connectivity index (χ4n) is 4.51. The summed E-state index contributed by atoms with van der Waals surface area (Å²) in [5.41, 5.74) is 1.39. The number of sulfonamides is 1. The molecule has 2 aromatic rings. The predicted molar refractivity (Wildman–Crippen MR) is 121 cm³/mol. The van der Waals surface area contributed by atoms with Crippen molar-refractivity contribution in [3.8, 4) is 0 Å². The second-order valence-corrected chi connectivity index (χ2v) is 10.4. The first-order chi connectivity index (χ1) is 15.0. The molecule has 2 fully saturated rings. The number of nitrogens with zero attached hydrogens (tertiary/aromatic N) is 3. The molecule has 0 spiro atoms. The van der Waals surface area contributed by atoms with Crippen LogP contribution in [0, 0.1) is 5.92 Å². The number of benzene rings is 2. The molecular formula is C24H31N3O3S. The molecular weight excluding hydrogens is 410 g/mol. The van der Waals surface area contributed by atoms with Crippen LogP contribution in [0.3, 0.4) is 0 Å². The number of piperidine rings is 1. The second-order valence-electron chi connectivity index (χ2n) is 8.51. The first kappa shape index (κ1) is 22.0. The topological polar surface area (TPSA) is 60.9 Å². The van der Waals surface area contributed by atoms with Gasteiger partial charge in [-0.15, -0.1) is 0 Å². The van der Waals surface area contributed by atoms with E-state index in [1.165, 1.54) is 9.87 Å². The Bertz CT molecular complexity index is 950. The van der Waals surface area contributed by atoms with Gasteiger partial charge in [0.25, 0.3) is 0 Å². The fourth-order valence-corrected chi connectivity index (χ4v) is 5.95. The lowest BCUT2D eigenvalue weighted by molar-refractivity contribution is -0.134. The van der Waals surface area contributed by atoms with E-state index < -0.39 is 10.0 Å². The van der Waals surface area contributed by atoms with Gasteiger partial charge in [0.1, 0.15) is 0 Å². The molecule has 0 bridgehead atoms. The monoisotopic (exact) mass is 441 g/mol. The highest BCUT2D eigenvalue weighted by molar-refractivity contribution is 7.89. The van der Waals surface area contributed by atoms with Crippen molar-refractivity contribution < 1.29 is 13.2 Å². The molecule has 7 heteroatoms. The van der Waals surface area contributed by atoms with Crippen LogP contribution in [0.5, 0.6) is 0 Å². The Balaban J connectivity index is 1.22. The van der Waals surface area contributed by atoms with Crippen molar-refractivity contribution in [1.82, 2.24) is 14.1 Å². The normalized spacial score (nSPS) is 19.4. The summed E-state index contributed by atoms with van der Waals surface area (Å²) in [6.07, 6.45) is 3.34. The Morgan fingerprint density at radius 3 is 2.00 bits per heavy atom. The third-order valence-corrected chi connectivity index (χ3v) is 8.32. The summed E-state index contributed by atoms with van der Waals surface area (Å²) < 4.78 is 27.0. The number of hydrogen-bond donors (Lipinski definition) is 0. The maximum Gasteiger partial charge on any atom is 0.243 e. The molecule has 0 radical (unpaired) electrons. The summed E-state index contributed by atoms with van der Waals surface area (Å²) in [6, 6.07) is 19.1. The zero-order valence-electron chi connectivity index (χ0n) is 17.9. The maximum absolute atomic E-state index is 12.8. The van der Waals surface area contributed by atoms with Gasteiger partial charge in [0, 0.05) is 26.2 Å². The van der Waals surface area contributed by atoms with E-state index in [1.807, 2.05) is 4.90 Å². The zero-order chi connectivity index (χ0) is 21.7. The quantitative estimate of drug-likeness (QED) is 0.691. The summed E-state index contributed by atoms with van der Waals surface area (Å²) in [5.74, 6) is 0.791. The van der Waals surface area contributed by atoms with Gasteiger partial charge in [0.15, 0.2) is 0 Å². The van der Waals surface area contributed by atoms with E-state index in [0.29, 0.717) is 43.5 Å². The summed E-state index contributed by atoms with van der Waals surface area (Å²) in [5, 5.41) is 0. The Labute approximate surface area is 185 Å². The van der Waals surface area contributed by atoms with Gasteiger partial charge in [-0.2, -0.15) is 4.31 Å². The first-order valence-corrected chi connectivity index (χ1v) is 12.6. The first-order valence-electron chi connectivity index (χ1n) is 11.1. The molecule has 2 saturated heterocycles. The van der Waals surface area contributed by atoms with E-state index in [4.69, 9.17) is 0 Å². The average molecular weight is 442 g/mol. The molecule has 0 unspecified atom stereocenters. The number of carbonyl (C=O) groups excluding carboxylic acids is 1. The van der Waals surface area contributed by atoms with E-state index in [2.05, 4.69) is 35.2 Å². The van der Waals surface area contributed by atoms with Crippen molar-refractivity contribution in [2.45, 2.75) is 24.2 Å². The van der Waals surface area contributed by atoms with E-state index in [9.17, 15) is 13.2 Å². The summed E-state index contributed by atoms with van der Waals surface area (Å²) >= 11 is 0.